The Hall–Kier alpha value is -2.29. The van der Waals surface area contributed by atoms with Crippen LogP contribution in [-0.2, 0) is 19.1 Å². The molecule has 1 heterocycles. The van der Waals surface area contributed by atoms with Crippen molar-refractivity contribution in [2.45, 2.75) is 90.3 Å². The van der Waals surface area contributed by atoms with Gasteiger partial charge in [-0.2, -0.15) is 4.91 Å². The second-order valence-electron chi connectivity index (χ2n) is 10.4. The van der Waals surface area contributed by atoms with Gasteiger partial charge in [-0.3, -0.25) is 14.4 Å². The zero-order chi connectivity index (χ0) is 24.6. The Kier molecular flexibility index (Phi) is 7.31. The molecule has 3 aliphatic carbocycles. The molecule has 9 nitrogen and oxygen atoms in total. The van der Waals surface area contributed by atoms with Crippen LogP contribution in [0.2, 0.25) is 0 Å². The van der Waals surface area contributed by atoms with E-state index < -0.39 is 23.0 Å². The minimum atomic E-state index is -1.21. The molecule has 0 aromatic carbocycles. The molecule has 0 aromatic rings. The molecule has 4 rings (SSSR count). The van der Waals surface area contributed by atoms with Crippen LogP contribution in [0, 0.1) is 33.0 Å². The largest absolute Gasteiger partial charge is 0.481 e. The summed E-state index contributed by atoms with van der Waals surface area (Å²) < 4.78 is 5.62. The van der Waals surface area contributed by atoms with Gasteiger partial charge in [0, 0.05) is 30.1 Å². The van der Waals surface area contributed by atoms with Gasteiger partial charge in [0.1, 0.15) is 5.54 Å². The molecule has 1 saturated heterocycles. The number of nitroso groups, excluding NO2 is 2. The summed E-state index contributed by atoms with van der Waals surface area (Å²) in [4.78, 5) is 59.6. The molecule has 1 N–H and O–H groups in total. The predicted octanol–water partition coefficient (Wildman–Crippen LogP) is 4.22. The molecule has 4 aliphatic rings. The lowest BCUT2D eigenvalue weighted by atomic mass is 9.50. The first kappa shape index (κ1) is 25.3. The molecule has 6 atom stereocenters. The summed E-state index contributed by atoms with van der Waals surface area (Å²) in [5.41, 5.74) is -1.22. The van der Waals surface area contributed by atoms with Crippen LogP contribution in [0.15, 0.2) is 21.5 Å². The smallest absolute Gasteiger partial charge is 0.303 e. The summed E-state index contributed by atoms with van der Waals surface area (Å²) in [6.07, 6.45) is 4.02. The van der Waals surface area contributed by atoms with Gasteiger partial charge in [0.25, 0.3) is 0 Å². The van der Waals surface area contributed by atoms with Gasteiger partial charge in [-0.15, -0.1) is 4.91 Å². The number of rotatable bonds is 5. The summed E-state index contributed by atoms with van der Waals surface area (Å²) in [5.74, 6) is -1.34. The lowest BCUT2D eigenvalue weighted by Crippen LogP contribution is -2.61. The number of aliphatic carboxylic acids is 1. The predicted molar refractivity (Wildman–Crippen MR) is 120 cm³/mol. The van der Waals surface area contributed by atoms with Gasteiger partial charge in [-0.05, 0) is 49.7 Å². The van der Waals surface area contributed by atoms with Gasteiger partial charge in [0.2, 0.25) is 0 Å². The number of carbonyl (C=O) groups excluding carboxylic acids is 2. The molecule has 3 fully saturated rings. The fourth-order valence-electron chi connectivity index (χ4n) is 6.26. The number of Topliss-reactive ketones (excluding diaryl/α,β-unsaturated/α-hetero) is 2. The second-order valence-corrected chi connectivity index (χ2v) is 10.4. The van der Waals surface area contributed by atoms with E-state index in [0.717, 1.165) is 19.3 Å². The highest BCUT2D eigenvalue weighted by Crippen LogP contribution is 2.58. The molecule has 182 valence electrons. The molecular weight excluding hydrogens is 428 g/mol. The van der Waals surface area contributed by atoms with E-state index in [2.05, 4.69) is 10.4 Å². The lowest BCUT2D eigenvalue weighted by Gasteiger charge is -2.56. The molecule has 0 radical (unpaired) electrons. The molecule has 2 bridgehead atoms. The fourth-order valence-corrected chi connectivity index (χ4v) is 6.26. The van der Waals surface area contributed by atoms with E-state index in [1.165, 1.54) is 0 Å². The molecule has 1 aliphatic heterocycles. The van der Waals surface area contributed by atoms with E-state index in [0.29, 0.717) is 37.0 Å². The molecular formula is C24H34N2O7. The van der Waals surface area contributed by atoms with E-state index in [9.17, 15) is 24.2 Å². The number of ether oxygens (including phenoxy) is 1. The third-order valence-electron chi connectivity index (χ3n) is 8.43. The second kappa shape index (κ2) is 9.52. The van der Waals surface area contributed by atoms with Gasteiger partial charge in [0.15, 0.2) is 17.6 Å². The SMILES string of the molecule is CC1=C2C(N=O)C(=O)C3CCC4OCC4C3CC(N=O)(CC1=O)C2(C)C.CCCCC(=O)O. The van der Waals surface area contributed by atoms with Crippen LogP contribution >= 0.6 is 0 Å². The standard InChI is InChI=1S/C19H24N2O5.C5H10O2/c1-9-13(22)7-19(21-25)6-11-10(4-5-14-12(11)8-26-14)17(23)16(20-24)15(9)18(19,2)3;1-2-3-4-5(6)7/h10-12,14,16H,4-8H2,1-3H3;2-4H2,1H3,(H,6,7). The normalized spacial score (nSPS) is 36.7. The first-order valence-electron chi connectivity index (χ1n) is 11.8. The van der Waals surface area contributed by atoms with E-state index >= 15 is 0 Å². The van der Waals surface area contributed by atoms with Crippen molar-refractivity contribution < 1.29 is 24.2 Å². The zero-order valence-corrected chi connectivity index (χ0v) is 19.8. The maximum atomic E-state index is 13.3. The Morgan fingerprint density at radius 3 is 2.36 bits per heavy atom. The maximum Gasteiger partial charge on any atom is 0.303 e. The van der Waals surface area contributed by atoms with Crippen LogP contribution in [0.25, 0.3) is 0 Å². The van der Waals surface area contributed by atoms with E-state index in [1.807, 2.05) is 20.8 Å². The van der Waals surface area contributed by atoms with Crippen LogP contribution < -0.4 is 0 Å². The number of carboxylic acid groups (broad SMARTS) is 1. The molecule has 0 aromatic heterocycles. The Morgan fingerprint density at radius 2 is 1.88 bits per heavy atom. The van der Waals surface area contributed by atoms with Gasteiger partial charge in [-0.1, -0.05) is 37.5 Å². The number of carboxylic acids is 1. The number of hydrogen-bond acceptors (Lipinski definition) is 8. The van der Waals surface area contributed by atoms with Crippen molar-refractivity contribution in [1.82, 2.24) is 0 Å². The number of unbranched alkanes of at least 4 members (excludes halogenated alkanes) is 1. The topological polar surface area (TPSA) is 140 Å². The van der Waals surface area contributed by atoms with Crippen molar-refractivity contribution >= 4 is 17.5 Å². The van der Waals surface area contributed by atoms with Crippen LogP contribution in [0.4, 0.5) is 0 Å². The highest BCUT2D eigenvalue weighted by Gasteiger charge is 2.63. The first-order valence-corrected chi connectivity index (χ1v) is 11.8. The van der Waals surface area contributed by atoms with Crippen molar-refractivity contribution in [3.05, 3.63) is 21.0 Å². The maximum absolute atomic E-state index is 13.3. The summed E-state index contributed by atoms with van der Waals surface area (Å²) in [6, 6.07) is -1.21. The Balaban J connectivity index is 0.000000383. The summed E-state index contributed by atoms with van der Waals surface area (Å²) in [7, 11) is 0. The molecule has 0 amide bonds. The highest BCUT2D eigenvalue weighted by atomic mass is 16.5. The summed E-state index contributed by atoms with van der Waals surface area (Å²) >= 11 is 0. The number of allylic oxidation sites excluding steroid dienone is 1. The average molecular weight is 463 g/mol. The third kappa shape index (κ3) is 4.20. The Bertz CT molecular complexity index is 880. The number of hydrogen-bond donors (Lipinski definition) is 1. The first-order chi connectivity index (χ1) is 15.5. The van der Waals surface area contributed by atoms with Crippen molar-refractivity contribution in [2.24, 2.45) is 33.5 Å². The highest BCUT2D eigenvalue weighted by molar-refractivity contribution is 6.01. The Morgan fingerprint density at radius 1 is 1.18 bits per heavy atom. The van der Waals surface area contributed by atoms with Gasteiger partial charge in [0.05, 0.1) is 12.7 Å². The van der Waals surface area contributed by atoms with Crippen molar-refractivity contribution in [3.8, 4) is 0 Å². The average Bonchev–Trinajstić information content (AvgIpc) is 2.74. The fraction of sp³-hybridized carbons (Fsp3) is 0.792. The molecule has 2 saturated carbocycles. The van der Waals surface area contributed by atoms with Gasteiger partial charge >= 0.3 is 5.97 Å². The molecule has 33 heavy (non-hydrogen) atoms. The molecule has 9 heteroatoms. The van der Waals surface area contributed by atoms with E-state index in [1.54, 1.807) is 6.92 Å². The number of nitrogens with zero attached hydrogens (tertiary/aromatic N) is 2. The van der Waals surface area contributed by atoms with Crippen molar-refractivity contribution in [3.63, 3.8) is 0 Å². The number of carbonyl (C=O) groups is 3. The minimum absolute atomic E-state index is 0.0278. The van der Waals surface area contributed by atoms with Gasteiger partial charge < -0.3 is 9.84 Å². The van der Waals surface area contributed by atoms with Crippen molar-refractivity contribution in [2.75, 3.05) is 6.61 Å². The van der Waals surface area contributed by atoms with Crippen LogP contribution in [0.3, 0.4) is 0 Å². The number of ketones is 2. The van der Waals surface area contributed by atoms with E-state index in [4.69, 9.17) is 9.84 Å². The van der Waals surface area contributed by atoms with Crippen LogP contribution in [-0.4, -0.2) is 46.9 Å². The van der Waals surface area contributed by atoms with Crippen molar-refractivity contribution in [1.29, 1.82) is 0 Å². The Labute approximate surface area is 193 Å². The van der Waals surface area contributed by atoms with Crippen LogP contribution in [0.1, 0.15) is 72.6 Å². The van der Waals surface area contributed by atoms with Crippen LogP contribution in [0.5, 0.6) is 0 Å². The quantitative estimate of drug-likeness (QED) is 0.603. The molecule has 6 unspecified atom stereocenters. The minimum Gasteiger partial charge on any atom is -0.481 e. The number of fused-ring (bicyclic) bond motifs is 5. The monoisotopic (exact) mass is 462 g/mol. The third-order valence-corrected chi connectivity index (χ3v) is 8.43. The molecule has 0 spiro atoms. The summed E-state index contributed by atoms with van der Waals surface area (Å²) in [5, 5.41) is 14.7. The summed E-state index contributed by atoms with van der Waals surface area (Å²) in [6.45, 7) is 7.81. The lowest BCUT2D eigenvalue weighted by molar-refractivity contribution is -0.182. The zero-order valence-electron chi connectivity index (χ0n) is 19.8. The van der Waals surface area contributed by atoms with E-state index in [-0.39, 0.29) is 41.8 Å². The van der Waals surface area contributed by atoms with Gasteiger partial charge in [-0.25, -0.2) is 0 Å².